The van der Waals surface area contributed by atoms with Crippen molar-refractivity contribution in [3.05, 3.63) is 70.9 Å². The lowest BCUT2D eigenvalue weighted by molar-refractivity contribution is 0.103. The van der Waals surface area contributed by atoms with Crippen molar-refractivity contribution in [3.8, 4) is 10.6 Å². The Balaban J connectivity index is 1.57. The molecule has 1 N–H and O–H groups in total. The van der Waals surface area contributed by atoms with Gasteiger partial charge in [-0.1, -0.05) is 18.2 Å². The molecule has 0 atom stereocenters. The molecular weight excluding hydrogens is 324 g/mol. The SMILES string of the molecule is O=C(Nc1ccc(-c2nc3ccccc3s2)cc1)c1cccs1. The highest BCUT2D eigenvalue weighted by molar-refractivity contribution is 7.21. The molecule has 0 bridgehead atoms. The first-order valence-electron chi connectivity index (χ1n) is 7.10. The lowest BCUT2D eigenvalue weighted by Crippen LogP contribution is -2.09. The molecule has 23 heavy (non-hydrogen) atoms. The van der Waals surface area contributed by atoms with Gasteiger partial charge < -0.3 is 5.32 Å². The number of amides is 1. The van der Waals surface area contributed by atoms with Crippen LogP contribution in [-0.4, -0.2) is 10.9 Å². The molecule has 1 amide bonds. The molecule has 0 aliphatic heterocycles. The molecule has 5 heteroatoms. The molecule has 4 aromatic rings. The number of aromatic nitrogens is 1. The van der Waals surface area contributed by atoms with E-state index in [1.54, 1.807) is 11.3 Å². The molecule has 112 valence electrons. The van der Waals surface area contributed by atoms with Crippen molar-refractivity contribution < 1.29 is 4.79 Å². The lowest BCUT2D eigenvalue weighted by atomic mass is 10.2. The minimum Gasteiger partial charge on any atom is -0.321 e. The van der Waals surface area contributed by atoms with Crippen molar-refractivity contribution in [3.63, 3.8) is 0 Å². The van der Waals surface area contributed by atoms with E-state index in [9.17, 15) is 4.79 Å². The number of para-hydroxylation sites is 1. The van der Waals surface area contributed by atoms with Gasteiger partial charge in [-0.3, -0.25) is 4.79 Å². The third-order valence-corrected chi connectivity index (χ3v) is 5.38. The summed E-state index contributed by atoms with van der Waals surface area (Å²) in [6.45, 7) is 0. The first-order chi connectivity index (χ1) is 11.3. The van der Waals surface area contributed by atoms with Crippen molar-refractivity contribution >= 4 is 44.5 Å². The van der Waals surface area contributed by atoms with Crippen LogP contribution in [0.4, 0.5) is 5.69 Å². The summed E-state index contributed by atoms with van der Waals surface area (Å²) in [7, 11) is 0. The standard InChI is InChI=1S/C18H12N2OS2/c21-17(16-6-3-11-22-16)19-13-9-7-12(8-10-13)18-20-14-4-1-2-5-15(14)23-18/h1-11H,(H,19,21). The topological polar surface area (TPSA) is 42.0 Å². The van der Waals surface area contributed by atoms with E-state index in [-0.39, 0.29) is 5.91 Å². The highest BCUT2D eigenvalue weighted by Crippen LogP contribution is 2.30. The number of fused-ring (bicyclic) bond motifs is 1. The first kappa shape index (κ1) is 14.1. The monoisotopic (exact) mass is 336 g/mol. The number of thiophene rings is 1. The Morgan fingerprint density at radius 3 is 2.52 bits per heavy atom. The zero-order valence-electron chi connectivity index (χ0n) is 12.0. The van der Waals surface area contributed by atoms with E-state index >= 15 is 0 Å². The van der Waals surface area contributed by atoms with Gasteiger partial charge in [0.15, 0.2) is 0 Å². The summed E-state index contributed by atoms with van der Waals surface area (Å²) in [5.74, 6) is -0.0762. The minimum atomic E-state index is -0.0762. The predicted molar refractivity (Wildman–Crippen MR) is 97.3 cm³/mol. The molecule has 0 fully saturated rings. The number of carbonyl (C=O) groups excluding carboxylic acids is 1. The Labute approximate surface area is 141 Å². The van der Waals surface area contributed by atoms with E-state index in [0.29, 0.717) is 4.88 Å². The summed E-state index contributed by atoms with van der Waals surface area (Å²) in [4.78, 5) is 17.4. The van der Waals surface area contributed by atoms with Gasteiger partial charge in [0.2, 0.25) is 0 Å². The fraction of sp³-hybridized carbons (Fsp3) is 0. The van der Waals surface area contributed by atoms with Gasteiger partial charge in [-0.15, -0.1) is 22.7 Å². The number of nitrogens with one attached hydrogen (secondary N) is 1. The van der Waals surface area contributed by atoms with Gasteiger partial charge in [0.25, 0.3) is 5.91 Å². The molecule has 0 aliphatic carbocycles. The van der Waals surface area contributed by atoms with Gasteiger partial charge in [0, 0.05) is 11.3 Å². The second-order valence-electron chi connectivity index (χ2n) is 5.00. The second-order valence-corrected chi connectivity index (χ2v) is 6.97. The predicted octanol–water partition coefficient (Wildman–Crippen LogP) is 5.28. The maximum absolute atomic E-state index is 12.0. The van der Waals surface area contributed by atoms with Gasteiger partial charge >= 0.3 is 0 Å². The van der Waals surface area contributed by atoms with Crippen LogP contribution in [0, 0.1) is 0 Å². The fourth-order valence-electron chi connectivity index (χ4n) is 2.29. The number of benzene rings is 2. The molecule has 0 radical (unpaired) electrons. The average Bonchev–Trinajstić information content (AvgIpc) is 3.25. The van der Waals surface area contributed by atoms with E-state index in [1.807, 2.05) is 60.0 Å². The van der Waals surface area contributed by atoms with Crippen molar-refractivity contribution in [2.45, 2.75) is 0 Å². The summed E-state index contributed by atoms with van der Waals surface area (Å²) in [5.41, 5.74) is 2.86. The van der Waals surface area contributed by atoms with Crippen LogP contribution in [0.2, 0.25) is 0 Å². The van der Waals surface area contributed by atoms with E-state index in [2.05, 4.69) is 16.4 Å². The Kier molecular flexibility index (Phi) is 3.65. The third-order valence-electron chi connectivity index (χ3n) is 3.43. The molecule has 2 aromatic carbocycles. The van der Waals surface area contributed by atoms with Crippen LogP contribution in [-0.2, 0) is 0 Å². The highest BCUT2D eigenvalue weighted by atomic mass is 32.1. The Bertz CT molecular complexity index is 923. The largest absolute Gasteiger partial charge is 0.321 e. The smallest absolute Gasteiger partial charge is 0.265 e. The highest BCUT2D eigenvalue weighted by Gasteiger charge is 2.08. The number of anilines is 1. The molecule has 0 spiro atoms. The number of thiazole rings is 1. The lowest BCUT2D eigenvalue weighted by Gasteiger charge is -2.04. The summed E-state index contributed by atoms with van der Waals surface area (Å²) < 4.78 is 1.18. The van der Waals surface area contributed by atoms with E-state index in [4.69, 9.17) is 0 Å². The molecular formula is C18H12N2OS2. The molecule has 0 saturated heterocycles. The Morgan fingerprint density at radius 1 is 0.957 bits per heavy atom. The fourth-order valence-corrected chi connectivity index (χ4v) is 3.88. The molecule has 0 saturated carbocycles. The van der Waals surface area contributed by atoms with Crippen LogP contribution in [0.25, 0.3) is 20.8 Å². The number of carbonyl (C=O) groups is 1. The molecule has 0 unspecified atom stereocenters. The molecule has 3 nitrogen and oxygen atoms in total. The van der Waals surface area contributed by atoms with Crippen LogP contribution in [0.5, 0.6) is 0 Å². The second kappa shape index (κ2) is 5.95. The van der Waals surface area contributed by atoms with E-state index < -0.39 is 0 Å². The summed E-state index contributed by atoms with van der Waals surface area (Å²) in [6, 6.07) is 19.6. The van der Waals surface area contributed by atoms with Crippen molar-refractivity contribution in [2.75, 3.05) is 5.32 Å². The summed E-state index contributed by atoms with van der Waals surface area (Å²) in [6.07, 6.45) is 0. The summed E-state index contributed by atoms with van der Waals surface area (Å²) >= 11 is 3.10. The van der Waals surface area contributed by atoms with Gasteiger partial charge in [0.05, 0.1) is 15.1 Å². The van der Waals surface area contributed by atoms with Crippen LogP contribution >= 0.6 is 22.7 Å². The number of hydrogen-bond donors (Lipinski definition) is 1. The Morgan fingerprint density at radius 2 is 1.78 bits per heavy atom. The zero-order valence-corrected chi connectivity index (χ0v) is 13.7. The normalized spacial score (nSPS) is 10.8. The first-order valence-corrected chi connectivity index (χ1v) is 8.80. The molecule has 4 rings (SSSR count). The summed E-state index contributed by atoms with van der Waals surface area (Å²) in [5, 5.41) is 5.79. The van der Waals surface area contributed by atoms with Crippen LogP contribution in [0.15, 0.2) is 66.0 Å². The maximum atomic E-state index is 12.0. The van der Waals surface area contributed by atoms with Gasteiger partial charge in [-0.05, 0) is 47.8 Å². The van der Waals surface area contributed by atoms with Crippen LogP contribution in [0.1, 0.15) is 9.67 Å². The molecule has 2 aromatic heterocycles. The van der Waals surface area contributed by atoms with Gasteiger partial charge in [-0.25, -0.2) is 4.98 Å². The maximum Gasteiger partial charge on any atom is 0.265 e. The van der Waals surface area contributed by atoms with E-state index in [1.165, 1.54) is 16.0 Å². The van der Waals surface area contributed by atoms with Gasteiger partial charge in [-0.2, -0.15) is 0 Å². The number of hydrogen-bond acceptors (Lipinski definition) is 4. The Hall–Kier alpha value is -2.50. The molecule has 2 heterocycles. The van der Waals surface area contributed by atoms with Crippen LogP contribution < -0.4 is 5.32 Å². The van der Waals surface area contributed by atoms with E-state index in [0.717, 1.165) is 21.8 Å². The average molecular weight is 336 g/mol. The van der Waals surface area contributed by atoms with Crippen molar-refractivity contribution in [1.82, 2.24) is 4.98 Å². The number of rotatable bonds is 3. The zero-order chi connectivity index (χ0) is 15.6. The number of nitrogens with zero attached hydrogens (tertiary/aromatic N) is 1. The minimum absolute atomic E-state index is 0.0762. The van der Waals surface area contributed by atoms with Crippen molar-refractivity contribution in [1.29, 1.82) is 0 Å². The van der Waals surface area contributed by atoms with Crippen LogP contribution in [0.3, 0.4) is 0 Å². The third kappa shape index (κ3) is 2.88. The quantitative estimate of drug-likeness (QED) is 0.553. The van der Waals surface area contributed by atoms with Gasteiger partial charge in [0.1, 0.15) is 5.01 Å². The van der Waals surface area contributed by atoms with Crippen molar-refractivity contribution in [2.24, 2.45) is 0 Å². The molecule has 0 aliphatic rings.